The lowest BCUT2D eigenvalue weighted by Crippen LogP contribution is -2.53. The first-order valence-corrected chi connectivity index (χ1v) is 11.3. The Balaban J connectivity index is 1.36. The van der Waals surface area contributed by atoms with Crippen LogP contribution in [0.5, 0.6) is 5.75 Å². The predicted octanol–water partition coefficient (Wildman–Crippen LogP) is 1.27. The van der Waals surface area contributed by atoms with Gasteiger partial charge in [0.1, 0.15) is 30.2 Å². The Morgan fingerprint density at radius 3 is 2.51 bits per heavy atom. The average molecular weight is 478 g/mol. The fourth-order valence-corrected chi connectivity index (χ4v) is 4.45. The average Bonchev–Trinajstić information content (AvgIpc) is 3.54. The number of benzene rings is 1. The highest BCUT2D eigenvalue weighted by molar-refractivity contribution is 5.94. The van der Waals surface area contributed by atoms with Crippen LogP contribution in [-0.4, -0.2) is 90.2 Å². The summed E-state index contributed by atoms with van der Waals surface area (Å²) in [6.45, 7) is 3.55. The second kappa shape index (κ2) is 9.45. The molecule has 11 nitrogen and oxygen atoms in total. The quantitative estimate of drug-likeness (QED) is 0.378. The third-order valence-corrected chi connectivity index (χ3v) is 6.33. The third kappa shape index (κ3) is 4.25. The number of nitrogens with one attached hydrogen (secondary N) is 1. The van der Waals surface area contributed by atoms with E-state index in [0.29, 0.717) is 65.6 Å². The maximum atomic E-state index is 12.7. The molecule has 2 unspecified atom stereocenters. The SMILES string of the molecule is COc1cnc(-n2cnc(C)n2)c2[nH]cc(C(O)C(O)N3CCN(C(=O)c4ccccc4)CC3)c12. The third-order valence-electron chi connectivity index (χ3n) is 6.33. The molecule has 0 aliphatic carbocycles. The van der Waals surface area contributed by atoms with E-state index in [1.165, 1.54) is 7.11 Å². The molecule has 2 atom stereocenters. The Hall–Kier alpha value is -3.80. The molecule has 1 fully saturated rings. The lowest BCUT2D eigenvalue weighted by Gasteiger charge is -2.38. The lowest BCUT2D eigenvalue weighted by atomic mass is 10.1. The zero-order chi connectivity index (χ0) is 24.5. The number of aliphatic hydroxyl groups is 2. The van der Waals surface area contributed by atoms with Gasteiger partial charge in [0, 0.05) is 43.5 Å². The highest BCUT2D eigenvalue weighted by atomic mass is 16.5. The normalized spacial score (nSPS) is 16.4. The molecule has 11 heteroatoms. The topological polar surface area (TPSA) is 133 Å². The molecule has 1 amide bonds. The van der Waals surface area contributed by atoms with Gasteiger partial charge in [-0.05, 0) is 19.1 Å². The highest BCUT2D eigenvalue weighted by Gasteiger charge is 2.32. The Morgan fingerprint density at radius 2 is 1.86 bits per heavy atom. The first-order valence-electron chi connectivity index (χ1n) is 11.3. The lowest BCUT2D eigenvalue weighted by molar-refractivity contribution is -0.0958. The van der Waals surface area contributed by atoms with Crippen LogP contribution < -0.4 is 4.74 Å². The second-order valence-corrected chi connectivity index (χ2v) is 8.43. The molecule has 0 radical (unpaired) electrons. The Kier molecular flexibility index (Phi) is 6.20. The molecule has 3 aromatic heterocycles. The summed E-state index contributed by atoms with van der Waals surface area (Å²) in [6, 6.07) is 9.13. The molecule has 0 spiro atoms. The van der Waals surface area contributed by atoms with Crippen molar-refractivity contribution in [1.82, 2.24) is 34.5 Å². The molecular weight excluding hydrogens is 450 g/mol. The number of H-pyrrole nitrogens is 1. The minimum Gasteiger partial charge on any atom is -0.494 e. The summed E-state index contributed by atoms with van der Waals surface area (Å²) in [5.74, 6) is 1.52. The molecule has 4 heterocycles. The number of ether oxygens (including phenoxy) is 1. The smallest absolute Gasteiger partial charge is 0.253 e. The van der Waals surface area contributed by atoms with Gasteiger partial charge < -0.3 is 24.8 Å². The summed E-state index contributed by atoms with van der Waals surface area (Å²) >= 11 is 0. The van der Waals surface area contributed by atoms with Crippen LogP contribution in [0, 0.1) is 6.92 Å². The van der Waals surface area contributed by atoms with E-state index < -0.39 is 12.3 Å². The van der Waals surface area contributed by atoms with Crippen molar-refractivity contribution in [2.45, 2.75) is 19.3 Å². The molecule has 1 aromatic carbocycles. The van der Waals surface area contributed by atoms with Crippen molar-refractivity contribution in [3.63, 3.8) is 0 Å². The van der Waals surface area contributed by atoms with Crippen molar-refractivity contribution in [2.24, 2.45) is 0 Å². The van der Waals surface area contributed by atoms with Crippen LogP contribution in [0.15, 0.2) is 49.1 Å². The van der Waals surface area contributed by atoms with Gasteiger partial charge >= 0.3 is 0 Å². The van der Waals surface area contributed by atoms with Crippen molar-refractivity contribution in [3.05, 3.63) is 66.0 Å². The summed E-state index contributed by atoms with van der Waals surface area (Å²) in [7, 11) is 1.53. The number of pyridine rings is 1. The number of hydrogen-bond donors (Lipinski definition) is 3. The van der Waals surface area contributed by atoms with Gasteiger partial charge in [-0.3, -0.25) is 9.69 Å². The number of piperazine rings is 1. The van der Waals surface area contributed by atoms with Crippen LogP contribution in [0.4, 0.5) is 0 Å². The van der Waals surface area contributed by atoms with Gasteiger partial charge in [-0.15, -0.1) is 0 Å². The van der Waals surface area contributed by atoms with Gasteiger partial charge in [0.2, 0.25) is 0 Å². The van der Waals surface area contributed by atoms with E-state index in [2.05, 4.69) is 20.1 Å². The van der Waals surface area contributed by atoms with Crippen LogP contribution in [0.25, 0.3) is 16.7 Å². The largest absolute Gasteiger partial charge is 0.494 e. The van der Waals surface area contributed by atoms with Gasteiger partial charge in [-0.1, -0.05) is 18.2 Å². The van der Waals surface area contributed by atoms with Crippen LogP contribution in [0.3, 0.4) is 0 Å². The zero-order valence-corrected chi connectivity index (χ0v) is 19.5. The number of carbonyl (C=O) groups excluding carboxylic acids is 1. The number of hydrogen-bond acceptors (Lipinski definition) is 8. The van der Waals surface area contributed by atoms with Crippen LogP contribution in [0.1, 0.15) is 27.8 Å². The number of methoxy groups -OCH3 is 1. The number of nitrogens with zero attached hydrogens (tertiary/aromatic N) is 6. The van der Waals surface area contributed by atoms with Crippen LogP contribution in [-0.2, 0) is 0 Å². The first-order chi connectivity index (χ1) is 17.0. The minimum absolute atomic E-state index is 0.0370. The molecule has 0 saturated carbocycles. The molecule has 5 rings (SSSR count). The molecule has 0 bridgehead atoms. The predicted molar refractivity (Wildman–Crippen MR) is 127 cm³/mol. The number of aromatic nitrogens is 5. The van der Waals surface area contributed by atoms with Crippen LogP contribution >= 0.6 is 0 Å². The zero-order valence-electron chi connectivity index (χ0n) is 19.5. The fourth-order valence-electron chi connectivity index (χ4n) is 4.45. The van der Waals surface area contributed by atoms with Crippen molar-refractivity contribution in [1.29, 1.82) is 0 Å². The molecular formula is C24H27N7O4. The van der Waals surface area contributed by atoms with Crippen molar-refractivity contribution in [2.75, 3.05) is 33.3 Å². The fraction of sp³-hybridized carbons (Fsp3) is 0.333. The van der Waals surface area contributed by atoms with Gasteiger partial charge in [-0.25, -0.2) is 14.6 Å². The van der Waals surface area contributed by atoms with Crippen molar-refractivity contribution in [3.8, 4) is 11.6 Å². The standard InChI is InChI=1S/C24H27N7O4/c1-15-27-14-31(28-15)22-20-19(18(35-2)13-26-22)17(12-25-20)21(32)24(34)30-10-8-29(9-11-30)23(33)16-6-4-3-5-7-16/h3-7,12-14,21,24-25,32,34H,8-11H2,1-2H3. The van der Waals surface area contributed by atoms with E-state index in [1.54, 1.807) is 52.3 Å². The molecule has 182 valence electrons. The number of carbonyl (C=O) groups is 1. The van der Waals surface area contributed by atoms with Gasteiger partial charge in [0.15, 0.2) is 5.82 Å². The summed E-state index contributed by atoms with van der Waals surface area (Å²) in [6.07, 6.45) is 2.37. The summed E-state index contributed by atoms with van der Waals surface area (Å²) in [4.78, 5) is 28.0. The second-order valence-electron chi connectivity index (χ2n) is 8.43. The number of amides is 1. The van der Waals surface area contributed by atoms with E-state index in [-0.39, 0.29) is 5.91 Å². The number of aryl methyl sites for hydroxylation is 1. The summed E-state index contributed by atoms with van der Waals surface area (Å²) < 4.78 is 7.05. The molecule has 35 heavy (non-hydrogen) atoms. The van der Waals surface area contributed by atoms with Gasteiger partial charge in [-0.2, -0.15) is 5.10 Å². The minimum atomic E-state index is -1.22. The number of aliphatic hydroxyl groups excluding tert-OH is 2. The molecule has 4 aromatic rings. The van der Waals surface area contributed by atoms with Crippen molar-refractivity contribution < 1.29 is 19.7 Å². The summed E-state index contributed by atoms with van der Waals surface area (Å²) in [5, 5.41) is 27.1. The number of rotatable bonds is 6. The monoisotopic (exact) mass is 477 g/mol. The Morgan fingerprint density at radius 1 is 1.11 bits per heavy atom. The van der Waals surface area contributed by atoms with Gasteiger partial charge in [0.25, 0.3) is 5.91 Å². The molecule has 3 N–H and O–H groups in total. The van der Waals surface area contributed by atoms with E-state index in [4.69, 9.17) is 4.74 Å². The number of fused-ring (bicyclic) bond motifs is 1. The highest BCUT2D eigenvalue weighted by Crippen LogP contribution is 2.36. The van der Waals surface area contributed by atoms with Crippen LogP contribution in [0.2, 0.25) is 0 Å². The maximum Gasteiger partial charge on any atom is 0.253 e. The van der Waals surface area contributed by atoms with E-state index >= 15 is 0 Å². The van der Waals surface area contributed by atoms with Gasteiger partial charge in [0.05, 0.1) is 24.2 Å². The molecule has 1 saturated heterocycles. The molecule has 1 aliphatic rings. The Bertz CT molecular complexity index is 1330. The molecule has 1 aliphatic heterocycles. The Labute approximate surface area is 201 Å². The maximum absolute atomic E-state index is 12.7. The van der Waals surface area contributed by atoms with E-state index in [0.717, 1.165) is 0 Å². The first kappa shape index (κ1) is 23.0. The van der Waals surface area contributed by atoms with E-state index in [9.17, 15) is 15.0 Å². The summed E-state index contributed by atoms with van der Waals surface area (Å²) in [5.41, 5.74) is 1.72. The van der Waals surface area contributed by atoms with E-state index in [1.807, 2.05) is 18.2 Å². The van der Waals surface area contributed by atoms with Crippen molar-refractivity contribution >= 4 is 16.8 Å². The number of aromatic amines is 1.